The molecule has 0 radical (unpaired) electrons. The van der Waals surface area contributed by atoms with Crippen molar-refractivity contribution in [2.24, 2.45) is 11.8 Å². The summed E-state index contributed by atoms with van der Waals surface area (Å²) in [5.41, 5.74) is 0.909. The molecule has 15 heavy (non-hydrogen) atoms. The van der Waals surface area contributed by atoms with Gasteiger partial charge in [-0.25, -0.2) is 0 Å². The minimum absolute atomic E-state index is 0.602. The molecule has 2 heteroatoms. The van der Waals surface area contributed by atoms with E-state index in [1.54, 1.807) is 0 Å². The van der Waals surface area contributed by atoms with Gasteiger partial charge in [-0.2, -0.15) is 0 Å². The van der Waals surface area contributed by atoms with Crippen LogP contribution in [0.25, 0.3) is 0 Å². The number of allylic oxidation sites excluding steroid dienone is 1. The van der Waals surface area contributed by atoms with Crippen LogP contribution in [-0.4, -0.2) is 23.8 Å². The van der Waals surface area contributed by atoms with Crippen LogP contribution in [0.1, 0.15) is 40.5 Å². The predicted molar refractivity (Wildman–Crippen MR) is 64.8 cm³/mol. The molecular weight excluding hydrogens is 186 g/mol. The molecule has 88 valence electrons. The summed E-state index contributed by atoms with van der Waals surface area (Å²) in [6, 6.07) is 0. The normalized spacial score (nSPS) is 27.7. The Labute approximate surface area is 93.8 Å². The van der Waals surface area contributed by atoms with Crippen molar-refractivity contribution in [3.8, 4) is 0 Å². The average molecular weight is 211 g/mol. The first-order chi connectivity index (χ1) is 6.90. The van der Waals surface area contributed by atoms with Crippen LogP contribution in [0.5, 0.6) is 0 Å². The van der Waals surface area contributed by atoms with Gasteiger partial charge in [0.25, 0.3) is 0 Å². The van der Waals surface area contributed by atoms with Gasteiger partial charge in [0.15, 0.2) is 0 Å². The molecule has 0 heterocycles. The number of hydrogen-bond donors (Lipinski definition) is 2. The highest BCUT2D eigenvalue weighted by Crippen LogP contribution is 2.29. The second kappa shape index (κ2) is 5.13. The van der Waals surface area contributed by atoms with Crippen molar-refractivity contribution in [3.05, 3.63) is 11.6 Å². The summed E-state index contributed by atoms with van der Waals surface area (Å²) >= 11 is 0. The minimum Gasteiger partial charge on any atom is -0.389 e. The average Bonchev–Trinajstić information content (AvgIpc) is 2.08. The maximum Gasteiger partial charge on any atom is 0.0715 e. The first kappa shape index (κ1) is 12.7. The minimum atomic E-state index is -0.602. The fourth-order valence-corrected chi connectivity index (χ4v) is 2.27. The van der Waals surface area contributed by atoms with Crippen molar-refractivity contribution in [1.29, 1.82) is 0 Å². The zero-order valence-corrected chi connectivity index (χ0v) is 10.5. The van der Waals surface area contributed by atoms with Gasteiger partial charge in [0.1, 0.15) is 0 Å². The van der Waals surface area contributed by atoms with Gasteiger partial charge in [-0.05, 0) is 45.4 Å². The third-order valence-corrected chi connectivity index (χ3v) is 3.28. The lowest BCUT2D eigenvalue weighted by Gasteiger charge is -2.30. The van der Waals surface area contributed by atoms with Crippen molar-refractivity contribution >= 4 is 0 Å². The molecule has 0 saturated carbocycles. The van der Waals surface area contributed by atoms with Crippen molar-refractivity contribution in [2.45, 2.75) is 46.1 Å². The smallest absolute Gasteiger partial charge is 0.0715 e. The third-order valence-electron chi connectivity index (χ3n) is 3.28. The van der Waals surface area contributed by atoms with Crippen LogP contribution < -0.4 is 5.32 Å². The Morgan fingerprint density at radius 1 is 1.53 bits per heavy atom. The highest BCUT2D eigenvalue weighted by Gasteiger charge is 2.22. The van der Waals surface area contributed by atoms with E-state index >= 15 is 0 Å². The SMILES string of the molecule is CC1=CCCC(C)C1CNCC(C)(C)O. The lowest BCUT2D eigenvalue weighted by atomic mass is 9.80. The third kappa shape index (κ3) is 4.35. The van der Waals surface area contributed by atoms with E-state index < -0.39 is 5.60 Å². The Hall–Kier alpha value is -0.340. The maximum atomic E-state index is 9.60. The molecule has 2 unspecified atom stereocenters. The summed E-state index contributed by atoms with van der Waals surface area (Å²) in [6.45, 7) is 9.90. The van der Waals surface area contributed by atoms with E-state index in [-0.39, 0.29) is 0 Å². The number of rotatable bonds is 4. The van der Waals surface area contributed by atoms with Crippen molar-refractivity contribution < 1.29 is 5.11 Å². The summed E-state index contributed by atoms with van der Waals surface area (Å²) in [4.78, 5) is 0. The topological polar surface area (TPSA) is 32.3 Å². The van der Waals surface area contributed by atoms with Crippen LogP contribution in [-0.2, 0) is 0 Å². The Kier molecular flexibility index (Phi) is 4.35. The van der Waals surface area contributed by atoms with E-state index in [4.69, 9.17) is 0 Å². The highest BCUT2D eigenvalue weighted by atomic mass is 16.3. The zero-order chi connectivity index (χ0) is 11.5. The first-order valence-corrected chi connectivity index (χ1v) is 6.00. The van der Waals surface area contributed by atoms with E-state index in [2.05, 4.69) is 25.2 Å². The van der Waals surface area contributed by atoms with Gasteiger partial charge < -0.3 is 10.4 Å². The summed E-state index contributed by atoms with van der Waals surface area (Å²) in [5, 5.41) is 13.0. The molecule has 0 fully saturated rings. The quantitative estimate of drug-likeness (QED) is 0.700. The second-order valence-corrected chi connectivity index (χ2v) is 5.55. The lowest BCUT2D eigenvalue weighted by Crippen LogP contribution is -2.39. The molecule has 0 bridgehead atoms. The maximum absolute atomic E-state index is 9.60. The number of hydrogen-bond acceptors (Lipinski definition) is 2. The lowest BCUT2D eigenvalue weighted by molar-refractivity contribution is 0.0782. The molecule has 0 spiro atoms. The summed E-state index contributed by atoms with van der Waals surface area (Å²) in [7, 11) is 0. The van der Waals surface area contributed by atoms with Crippen LogP contribution in [0.15, 0.2) is 11.6 Å². The fourth-order valence-electron chi connectivity index (χ4n) is 2.27. The molecule has 1 aliphatic carbocycles. The van der Waals surface area contributed by atoms with Crippen LogP contribution in [0.3, 0.4) is 0 Å². The predicted octanol–water partition coefficient (Wildman–Crippen LogP) is 2.34. The Morgan fingerprint density at radius 2 is 2.20 bits per heavy atom. The van der Waals surface area contributed by atoms with Gasteiger partial charge in [-0.1, -0.05) is 18.6 Å². The van der Waals surface area contributed by atoms with Crippen LogP contribution in [0.2, 0.25) is 0 Å². The first-order valence-electron chi connectivity index (χ1n) is 6.00. The Bertz CT molecular complexity index is 227. The monoisotopic (exact) mass is 211 g/mol. The van der Waals surface area contributed by atoms with E-state index in [9.17, 15) is 5.11 Å². The van der Waals surface area contributed by atoms with Crippen LogP contribution >= 0.6 is 0 Å². The standard InChI is InChI=1S/C13H25NO/c1-10-6-5-7-11(2)12(10)8-14-9-13(3,4)15/h6,11-12,14-15H,5,7-9H2,1-4H3. The molecule has 1 rings (SSSR count). The molecular formula is C13H25NO. The van der Waals surface area contributed by atoms with Gasteiger partial charge in [-0.3, -0.25) is 0 Å². The van der Waals surface area contributed by atoms with Gasteiger partial charge in [0, 0.05) is 13.1 Å². The molecule has 0 aromatic heterocycles. The van der Waals surface area contributed by atoms with E-state index in [1.807, 2.05) is 13.8 Å². The summed E-state index contributed by atoms with van der Waals surface area (Å²) in [5.74, 6) is 1.42. The van der Waals surface area contributed by atoms with Crippen LogP contribution in [0.4, 0.5) is 0 Å². The Morgan fingerprint density at radius 3 is 2.73 bits per heavy atom. The summed E-state index contributed by atoms with van der Waals surface area (Å²) < 4.78 is 0. The summed E-state index contributed by atoms with van der Waals surface area (Å²) in [6.07, 6.45) is 4.89. The van der Waals surface area contributed by atoms with E-state index in [0.29, 0.717) is 12.5 Å². The van der Waals surface area contributed by atoms with E-state index in [0.717, 1.165) is 12.5 Å². The number of aliphatic hydroxyl groups is 1. The fraction of sp³-hybridized carbons (Fsp3) is 0.846. The van der Waals surface area contributed by atoms with Crippen LogP contribution in [0, 0.1) is 11.8 Å². The van der Waals surface area contributed by atoms with Gasteiger partial charge in [-0.15, -0.1) is 0 Å². The van der Waals surface area contributed by atoms with Gasteiger partial charge in [0.2, 0.25) is 0 Å². The molecule has 2 nitrogen and oxygen atoms in total. The largest absolute Gasteiger partial charge is 0.389 e. The highest BCUT2D eigenvalue weighted by molar-refractivity contribution is 5.09. The molecule has 0 aromatic rings. The molecule has 0 aromatic carbocycles. The molecule has 0 aliphatic heterocycles. The molecule has 0 saturated heterocycles. The molecule has 2 N–H and O–H groups in total. The van der Waals surface area contributed by atoms with Crippen molar-refractivity contribution in [2.75, 3.05) is 13.1 Å². The number of nitrogens with one attached hydrogen (secondary N) is 1. The van der Waals surface area contributed by atoms with Crippen molar-refractivity contribution in [1.82, 2.24) is 5.32 Å². The molecule has 0 amide bonds. The second-order valence-electron chi connectivity index (χ2n) is 5.55. The molecule has 1 aliphatic rings. The van der Waals surface area contributed by atoms with E-state index in [1.165, 1.54) is 18.4 Å². The van der Waals surface area contributed by atoms with Gasteiger partial charge in [0.05, 0.1) is 5.60 Å². The zero-order valence-electron chi connectivity index (χ0n) is 10.5. The Balaban J connectivity index is 2.37. The van der Waals surface area contributed by atoms with Crippen molar-refractivity contribution in [3.63, 3.8) is 0 Å². The van der Waals surface area contributed by atoms with Gasteiger partial charge >= 0.3 is 0 Å². The molecule has 2 atom stereocenters.